The minimum atomic E-state index is -0.486. The molecule has 1 aliphatic rings. The highest BCUT2D eigenvalue weighted by Crippen LogP contribution is 2.68. The number of hydrogen-bond acceptors (Lipinski definition) is 4. The molecule has 2 N–H and O–H groups in total. The zero-order chi connectivity index (χ0) is 13.7. The van der Waals surface area contributed by atoms with E-state index in [4.69, 9.17) is 5.73 Å². The van der Waals surface area contributed by atoms with Gasteiger partial charge in [0.25, 0.3) is 0 Å². The third kappa shape index (κ3) is 1.61. The Morgan fingerprint density at radius 3 is 2.44 bits per heavy atom. The Labute approximate surface area is 107 Å². The summed E-state index contributed by atoms with van der Waals surface area (Å²) in [5, 5.41) is 0. The molecule has 1 aromatic rings. The summed E-state index contributed by atoms with van der Waals surface area (Å²) < 4.78 is 6.48. The highest BCUT2D eigenvalue weighted by atomic mass is 16.5. The maximum Gasteiger partial charge on any atom is 0.360 e. The second kappa shape index (κ2) is 3.73. The quantitative estimate of drug-likeness (QED) is 0.833. The molecule has 0 amide bonds. The molecule has 100 valence electrons. The number of carbonyl (C=O) groups excluding carboxylic acids is 1. The maximum absolute atomic E-state index is 11.4. The molecular weight excluding hydrogens is 230 g/mol. The van der Waals surface area contributed by atoms with Crippen molar-refractivity contribution in [2.45, 2.75) is 34.2 Å². The number of esters is 1. The molecule has 0 bridgehead atoms. The van der Waals surface area contributed by atoms with E-state index in [0.29, 0.717) is 11.7 Å². The van der Waals surface area contributed by atoms with Crippen LogP contribution in [0.1, 0.15) is 38.2 Å². The number of nitrogens with zero attached hydrogens (tertiary/aromatic N) is 2. The Morgan fingerprint density at radius 1 is 1.44 bits per heavy atom. The second-order valence-electron chi connectivity index (χ2n) is 6.12. The Balaban J connectivity index is 2.18. The van der Waals surface area contributed by atoms with Gasteiger partial charge in [0.05, 0.1) is 13.4 Å². The van der Waals surface area contributed by atoms with Crippen molar-refractivity contribution in [3.05, 3.63) is 12.0 Å². The zero-order valence-electron chi connectivity index (χ0n) is 11.7. The Kier molecular flexibility index (Phi) is 2.68. The lowest BCUT2D eigenvalue weighted by Gasteiger charge is -2.06. The van der Waals surface area contributed by atoms with Crippen molar-refractivity contribution in [1.82, 2.24) is 9.55 Å². The van der Waals surface area contributed by atoms with Crippen molar-refractivity contribution >= 4 is 11.8 Å². The SMILES string of the molecule is COC(=O)c1ncn(CC2C(C)(C)C2(C)C)c1N. The summed E-state index contributed by atoms with van der Waals surface area (Å²) in [5.74, 6) is 0.438. The number of aromatic nitrogens is 2. The summed E-state index contributed by atoms with van der Waals surface area (Å²) in [4.78, 5) is 15.5. The van der Waals surface area contributed by atoms with E-state index in [0.717, 1.165) is 6.54 Å². The maximum atomic E-state index is 11.4. The highest BCUT2D eigenvalue weighted by Gasteiger charge is 2.64. The van der Waals surface area contributed by atoms with E-state index < -0.39 is 5.97 Å². The van der Waals surface area contributed by atoms with Crippen LogP contribution in [0.2, 0.25) is 0 Å². The van der Waals surface area contributed by atoms with Gasteiger partial charge in [-0.15, -0.1) is 0 Å². The summed E-state index contributed by atoms with van der Waals surface area (Å²) in [6.45, 7) is 9.81. The molecule has 1 heterocycles. The minimum Gasteiger partial charge on any atom is -0.464 e. The number of imidazole rings is 1. The Hall–Kier alpha value is -1.52. The smallest absolute Gasteiger partial charge is 0.360 e. The lowest BCUT2D eigenvalue weighted by molar-refractivity contribution is 0.0596. The van der Waals surface area contributed by atoms with Crippen LogP contribution >= 0.6 is 0 Å². The number of nitrogen functional groups attached to an aromatic ring is 1. The van der Waals surface area contributed by atoms with Crippen molar-refractivity contribution < 1.29 is 9.53 Å². The summed E-state index contributed by atoms with van der Waals surface area (Å²) in [7, 11) is 1.33. The van der Waals surface area contributed by atoms with Crippen molar-refractivity contribution in [2.75, 3.05) is 12.8 Å². The van der Waals surface area contributed by atoms with Gasteiger partial charge in [-0.3, -0.25) is 0 Å². The lowest BCUT2D eigenvalue weighted by Crippen LogP contribution is -2.10. The van der Waals surface area contributed by atoms with Gasteiger partial charge in [0.15, 0.2) is 5.69 Å². The largest absolute Gasteiger partial charge is 0.464 e. The number of methoxy groups -OCH3 is 1. The molecule has 5 heteroatoms. The molecule has 1 aromatic heterocycles. The van der Waals surface area contributed by atoms with Gasteiger partial charge in [-0.1, -0.05) is 27.7 Å². The first-order chi connectivity index (χ1) is 8.23. The van der Waals surface area contributed by atoms with Gasteiger partial charge < -0.3 is 15.0 Å². The number of rotatable bonds is 3. The van der Waals surface area contributed by atoms with Crippen molar-refractivity contribution in [3.63, 3.8) is 0 Å². The average Bonchev–Trinajstić information content (AvgIpc) is 2.62. The molecule has 1 saturated carbocycles. The lowest BCUT2D eigenvalue weighted by atomic mass is 10.0. The van der Waals surface area contributed by atoms with Crippen LogP contribution in [0.25, 0.3) is 0 Å². The van der Waals surface area contributed by atoms with E-state index >= 15 is 0 Å². The fourth-order valence-electron chi connectivity index (χ4n) is 2.78. The fourth-order valence-corrected chi connectivity index (χ4v) is 2.78. The molecule has 18 heavy (non-hydrogen) atoms. The van der Waals surface area contributed by atoms with Crippen LogP contribution in [0.4, 0.5) is 5.82 Å². The normalized spacial score (nSPS) is 20.7. The van der Waals surface area contributed by atoms with Gasteiger partial charge in [-0.05, 0) is 16.7 Å². The summed E-state index contributed by atoms with van der Waals surface area (Å²) in [6.07, 6.45) is 1.62. The van der Waals surface area contributed by atoms with Crippen LogP contribution in [-0.4, -0.2) is 22.6 Å². The van der Waals surface area contributed by atoms with Crippen LogP contribution in [-0.2, 0) is 11.3 Å². The molecule has 0 atom stereocenters. The summed E-state index contributed by atoms with van der Waals surface area (Å²) >= 11 is 0. The molecule has 1 aliphatic carbocycles. The summed E-state index contributed by atoms with van der Waals surface area (Å²) in [5.41, 5.74) is 6.71. The third-order valence-electron chi connectivity index (χ3n) is 4.96. The Morgan fingerprint density at radius 2 is 2.00 bits per heavy atom. The fraction of sp³-hybridized carbons (Fsp3) is 0.692. The van der Waals surface area contributed by atoms with Gasteiger partial charge in [0, 0.05) is 6.54 Å². The number of anilines is 1. The topological polar surface area (TPSA) is 70.1 Å². The van der Waals surface area contributed by atoms with Crippen LogP contribution in [0, 0.1) is 16.7 Å². The van der Waals surface area contributed by atoms with Crippen LogP contribution < -0.4 is 5.73 Å². The van der Waals surface area contributed by atoms with Gasteiger partial charge in [0.2, 0.25) is 0 Å². The molecule has 0 saturated heterocycles. The molecule has 2 rings (SSSR count). The number of hydrogen-bond donors (Lipinski definition) is 1. The molecule has 1 fully saturated rings. The molecular formula is C13H21N3O2. The minimum absolute atomic E-state index is 0.203. The van der Waals surface area contributed by atoms with Gasteiger partial charge >= 0.3 is 5.97 Å². The number of carbonyl (C=O) groups is 1. The van der Waals surface area contributed by atoms with Crippen LogP contribution in [0.15, 0.2) is 6.33 Å². The zero-order valence-corrected chi connectivity index (χ0v) is 11.7. The standard InChI is InChI=1S/C13H21N3O2/c1-12(2)8(13(12,3)4)6-16-7-15-9(10(16)14)11(17)18-5/h7-8H,6,14H2,1-5H3. The molecule has 0 spiro atoms. The Bertz CT molecular complexity index is 474. The molecule has 0 radical (unpaired) electrons. The van der Waals surface area contributed by atoms with Crippen molar-refractivity contribution in [1.29, 1.82) is 0 Å². The van der Waals surface area contributed by atoms with E-state index in [1.54, 1.807) is 6.33 Å². The molecule has 0 aromatic carbocycles. The predicted octanol–water partition coefficient (Wildman–Crippen LogP) is 1.93. The predicted molar refractivity (Wildman–Crippen MR) is 69.0 cm³/mol. The van der Waals surface area contributed by atoms with Crippen molar-refractivity contribution in [2.24, 2.45) is 16.7 Å². The van der Waals surface area contributed by atoms with Crippen LogP contribution in [0.5, 0.6) is 0 Å². The molecule has 0 unspecified atom stereocenters. The van der Waals surface area contributed by atoms with E-state index in [1.165, 1.54) is 7.11 Å². The van der Waals surface area contributed by atoms with E-state index in [-0.39, 0.29) is 16.5 Å². The number of nitrogens with two attached hydrogens (primary N) is 1. The van der Waals surface area contributed by atoms with Gasteiger partial charge in [0.1, 0.15) is 5.82 Å². The third-order valence-corrected chi connectivity index (χ3v) is 4.96. The highest BCUT2D eigenvalue weighted by molar-refractivity contribution is 5.92. The number of ether oxygens (including phenoxy) is 1. The second-order valence-corrected chi connectivity index (χ2v) is 6.12. The summed E-state index contributed by atoms with van der Waals surface area (Å²) in [6, 6.07) is 0. The first-order valence-corrected chi connectivity index (χ1v) is 6.12. The van der Waals surface area contributed by atoms with Crippen LogP contribution in [0.3, 0.4) is 0 Å². The van der Waals surface area contributed by atoms with E-state index in [1.807, 2.05) is 4.57 Å². The first kappa shape index (κ1) is 12.9. The first-order valence-electron chi connectivity index (χ1n) is 6.12. The monoisotopic (exact) mass is 251 g/mol. The molecule has 5 nitrogen and oxygen atoms in total. The van der Waals surface area contributed by atoms with E-state index in [9.17, 15) is 4.79 Å². The van der Waals surface area contributed by atoms with Gasteiger partial charge in [-0.25, -0.2) is 9.78 Å². The average molecular weight is 251 g/mol. The molecule has 0 aliphatic heterocycles. The van der Waals surface area contributed by atoms with E-state index in [2.05, 4.69) is 37.4 Å². The van der Waals surface area contributed by atoms with Gasteiger partial charge in [-0.2, -0.15) is 0 Å². The van der Waals surface area contributed by atoms with Crippen molar-refractivity contribution in [3.8, 4) is 0 Å².